The summed E-state index contributed by atoms with van der Waals surface area (Å²) < 4.78 is 0. The molecule has 0 spiro atoms. The van der Waals surface area contributed by atoms with Crippen molar-refractivity contribution in [2.75, 3.05) is 39.8 Å². The minimum absolute atomic E-state index is 0.0116. The zero-order valence-electron chi connectivity index (χ0n) is 13.8. The first-order valence-electron chi connectivity index (χ1n) is 8.16. The molecule has 0 amide bonds. The maximum atomic E-state index is 9.82. The van der Waals surface area contributed by atoms with Crippen LogP contribution in [0.5, 0.6) is 0 Å². The lowest BCUT2D eigenvalue weighted by Crippen LogP contribution is -2.50. The van der Waals surface area contributed by atoms with Crippen LogP contribution in [-0.2, 0) is 0 Å². The van der Waals surface area contributed by atoms with E-state index in [1.807, 2.05) is 0 Å². The smallest absolute Gasteiger partial charge is 0.0497 e. The van der Waals surface area contributed by atoms with Crippen molar-refractivity contribution in [3.8, 4) is 0 Å². The summed E-state index contributed by atoms with van der Waals surface area (Å²) in [6, 6.07) is 11.2. The zero-order valence-corrected chi connectivity index (χ0v) is 13.8. The van der Waals surface area contributed by atoms with E-state index in [2.05, 4.69) is 61.0 Å². The summed E-state index contributed by atoms with van der Waals surface area (Å²) in [6.45, 7) is 8.92. The molecule has 1 aromatic rings. The number of aliphatic hydroxyl groups excluding tert-OH is 1. The van der Waals surface area contributed by atoms with Gasteiger partial charge in [0.2, 0.25) is 0 Å². The van der Waals surface area contributed by atoms with Gasteiger partial charge in [-0.25, -0.2) is 0 Å². The van der Waals surface area contributed by atoms with Crippen LogP contribution in [0.3, 0.4) is 0 Å². The Hall–Kier alpha value is -0.900. The molecule has 118 valence electrons. The maximum Gasteiger partial charge on any atom is 0.0497 e. The predicted molar refractivity (Wildman–Crippen MR) is 88.4 cm³/mol. The van der Waals surface area contributed by atoms with E-state index in [4.69, 9.17) is 0 Å². The first-order chi connectivity index (χ1) is 10.1. The second-order valence-electron chi connectivity index (χ2n) is 6.88. The third kappa shape index (κ3) is 4.29. The van der Waals surface area contributed by atoms with Crippen LogP contribution < -0.4 is 0 Å². The summed E-state index contributed by atoms with van der Waals surface area (Å²) in [4.78, 5) is 4.98. The third-order valence-electron chi connectivity index (χ3n) is 4.70. The molecule has 1 aliphatic rings. The molecule has 0 radical (unpaired) electrons. The lowest BCUT2D eigenvalue weighted by atomic mass is 9.85. The first-order valence-corrected chi connectivity index (χ1v) is 8.16. The summed E-state index contributed by atoms with van der Waals surface area (Å²) in [7, 11) is 2.20. The Bertz CT molecular complexity index is 422. The van der Waals surface area contributed by atoms with Crippen LogP contribution in [0.15, 0.2) is 30.3 Å². The van der Waals surface area contributed by atoms with E-state index in [-0.39, 0.29) is 12.0 Å². The Morgan fingerprint density at radius 1 is 1.24 bits per heavy atom. The van der Waals surface area contributed by atoms with Crippen molar-refractivity contribution in [2.45, 2.75) is 32.7 Å². The highest BCUT2D eigenvalue weighted by Gasteiger charge is 2.32. The SMILES string of the molecule is CCCC(C)(CO)CN1CCN(C)CC1c1ccccc1. The van der Waals surface area contributed by atoms with Gasteiger partial charge in [0.05, 0.1) is 0 Å². The Labute approximate surface area is 129 Å². The minimum Gasteiger partial charge on any atom is -0.396 e. The van der Waals surface area contributed by atoms with Crippen LogP contribution >= 0.6 is 0 Å². The van der Waals surface area contributed by atoms with E-state index < -0.39 is 0 Å². The van der Waals surface area contributed by atoms with Crippen LogP contribution in [0, 0.1) is 5.41 Å². The van der Waals surface area contributed by atoms with Crippen molar-refractivity contribution in [2.24, 2.45) is 5.41 Å². The van der Waals surface area contributed by atoms with Crippen LogP contribution in [0.4, 0.5) is 0 Å². The van der Waals surface area contributed by atoms with Gasteiger partial charge in [0, 0.05) is 44.2 Å². The van der Waals surface area contributed by atoms with E-state index >= 15 is 0 Å². The highest BCUT2D eigenvalue weighted by molar-refractivity contribution is 5.20. The zero-order chi connectivity index (χ0) is 15.3. The van der Waals surface area contributed by atoms with Crippen molar-refractivity contribution in [3.63, 3.8) is 0 Å². The second-order valence-corrected chi connectivity index (χ2v) is 6.88. The fourth-order valence-electron chi connectivity index (χ4n) is 3.44. The Kier molecular flexibility index (Phi) is 5.80. The standard InChI is InChI=1S/C18H30N2O/c1-4-10-18(2,15-21)14-20-12-11-19(3)13-17(20)16-8-6-5-7-9-16/h5-9,17,21H,4,10-15H2,1-3H3. The van der Waals surface area contributed by atoms with E-state index in [0.29, 0.717) is 6.04 Å². The molecule has 1 aromatic carbocycles. The molecule has 21 heavy (non-hydrogen) atoms. The fourth-order valence-corrected chi connectivity index (χ4v) is 3.44. The second kappa shape index (κ2) is 7.39. The van der Waals surface area contributed by atoms with Crippen molar-refractivity contribution >= 4 is 0 Å². The molecule has 1 fully saturated rings. The number of rotatable bonds is 6. The van der Waals surface area contributed by atoms with Crippen molar-refractivity contribution in [1.29, 1.82) is 0 Å². The molecule has 1 heterocycles. The number of piperazine rings is 1. The molecule has 0 saturated carbocycles. The summed E-state index contributed by atoms with van der Waals surface area (Å²) in [5, 5.41) is 9.82. The number of aliphatic hydroxyl groups is 1. The predicted octanol–water partition coefficient (Wildman–Crippen LogP) is 2.77. The molecule has 0 aliphatic carbocycles. The maximum absolute atomic E-state index is 9.82. The van der Waals surface area contributed by atoms with Gasteiger partial charge in [0.15, 0.2) is 0 Å². The van der Waals surface area contributed by atoms with Gasteiger partial charge in [-0.15, -0.1) is 0 Å². The molecule has 1 saturated heterocycles. The molecular formula is C18H30N2O. The molecule has 3 nitrogen and oxygen atoms in total. The van der Waals surface area contributed by atoms with Gasteiger partial charge in [0.25, 0.3) is 0 Å². The van der Waals surface area contributed by atoms with E-state index in [1.54, 1.807) is 0 Å². The summed E-state index contributed by atoms with van der Waals surface area (Å²) in [5.74, 6) is 0. The largest absolute Gasteiger partial charge is 0.396 e. The molecule has 1 N–H and O–H groups in total. The topological polar surface area (TPSA) is 26.7 Å². The number of hydrogen-bond donors (Lipinski definition) is 1. The molecule has 0 bridgehead atoms. The summed E-state index contributed by atoms with van der Waals surface area (Å²) in [5.41, 5.74) is 1.40. The molecular weight excluding hydrogens is 260 g/mol. The van der Waals surface area contributed by atoms with Crippen LogP contribution in [0.1, 0.15) is 38.3 Å². The molecule has 2 rings (SSSR count). The molecule has 1 aliphatic heterocycles. The average molecular weight is 290 g/mol. The van der Waals surface area contributed by atoms with Gasteiger partial charge in [-0.2, -0.15) is 0 Å². The van der Waals surface area contributed by atoms with Gasteiger partial charge < -0.3 is 10.0 Å². The number of likely N-dealkylation sites (N-methyl/N-ethyl adjacent to an activating group) is 1. The molecule has 0 aromatic heterocycles. The highest BCUT2D eigenvalue weighted by atomic mass is 16.3. The van der Waals surface area contributed by atoms with E-state index in [1.165, 1.54) is 5.56 Å². The number of nitrogens with zero attached hydrogens (tertiary/aromatic N) is 2. The molecule has 2 atom stereocenters. The van der Waals surface area contributed by atoms with Crippen molar-refractivity contribution < 1.29 is 5.11 Å². The Morgan fingerprint density at radius 2 is 1.95 bits per heavy atom. The number of hydrogen-bond acceptors (Lipinski definition) is 3. The van der Waals surface area contributed by atoms with Gasteiger partial charge in [-0.05, 0) is 19.0 Å². The van der Waals surface area contributed by atoms with Crippen LogP contribution in [0.25, 0.3) is 0 Å². The summed E-state index contributed by atoms with van der Waals surface area (Å²) in [6.07, 6.45) is 2.21. The molecule has 2 unspecified atom stereocenters. The third-order valence-corrected chi connectivity index (χ3v) is 4.70. The number of benzene rings is 1. The molecule has 3 heteroatoms. The Balaban J connectivity index is 2.15. The minimum atomic E-state index is 0.0116. The average Bonchev–Trinajstić information content (AvgIpc) is 2.50. The summed E-state index contributed by atoms with van der Waals surface area (Å²) >= 11 is 0. The normalized spacial score (nSPS) is 23.9. The fraction of sp³-hybridized carbons (Fsp3) is 0.667. The Morgan fingerprint density at radius 3 is 2.57 bits per heavy atom. The van der Waals surface area contributed by atoms with Crippen molar-refractivity contribution in [1.82, 2.24) is 9.80 Å². The van der Waals surface area contributed by atoms with Gasteiger partial charge in [0.1, 0.15) is 0 Å². The van der Waals surface area contributed by atoms with Crippen molar-refractivity contribution in [3.05, 3.63) is 35.9 Å². The first kappa shape index (κ1) is 16.5. The van der Waals surface area contributed by atoms with Gasteiger partial charge >= 0.3 is 0 Å². The monoisotopic (exact) mass is 290 g/mol. The lowest BCUT2D eigenvalue weighted by molar-refractivity contribution is 0.0225. The van der Waals surface area contributed by atoms with Crippen LogP contribution in [0.2, 0.25) is 0 Å². The van der Waals surface area contributed by atoms with Crippen LogP contribution in [-0.4, -0.2) is 54.7 Å². The van der Waals surface area contributed by atoms with E-state index in [9.17, 15) is 5.11 Å². The highest BCUT2D eigenvalue weighted by Crippen LogP contribution is 2.31. The van der Waals surface area contributed by atoms with Gasteiger partial charge in [-0.3, -0.25) is 4.90 Å². The van der Waals surface area contributed by atoms with Gasteiger partial charge in [-0.1, -0.05) is 50.6 Å². The lowest BCUT2D eigenvalue weighted by Gasteiger charge is -2.44. The quantitative estimate of drug-likeness (QED) is 0.873. The van der Waals surface area contributed by atoms with E-state index in [0.717, 1.165) is 39.0 Å².